The predicted molar refractivity (Wildman–Crippen MR) is 70.2 cm³/mol. The number of thiophene rings is 1. The van der Waals surface area contributed by atoms with Crippen molar-refractivity contribution in [1.82, 2.24) is 5.32 Å². The van der Waals surface area contributed by atoms with Crippen molar-refractivity contribution in [2.75, 3.05) is 0 Å². The first-order valence-corrected chi connectivity index (χ1v) is 6.87. The van der Waals surface area contributed by atoms with Gasteiger partial charge in [0.05, 0.1) is 0 Å². The maximum absolute atomic E-state index is 11.0. The van der Waals surface area contributed by atoms with Crippen molar-refractivity contribution in [2.45, 2.75) is 32.2 Å². The van der Waals surface area contributed by atoms with Crippen molar-refractivity contribution < 1.29 is 14.7 Å². The molecule has 0 radical (unpaired) electrons. The lowest BCUT2D eigenvalue weighted by molar-refractivity contribution is -0.137. The van der Waals surface area contributed by atoms with E-state index >= 15 is 0 Å². The average molecular weight is 320 g/mol. The van der Waals surface area contributed by atoms with Gasteiger partial charge >= 0.3 is 5.97 Å². The Morgan fingerprint density at radius 2 is 2.29 bits per heavy atom. The monoisotopic (exact) mass is 319 g/mol. The lowest BCUT2D eigenvalue weighted by Gasteiger charge is -2.16. The first kappa shape index (κ1) is 14.2. The Kier molecular flexibility index (Phi) is 5.64. The number of carboxylic acid groups (broad SMARTS) is 1. The predicted octanol–water partition coefficient (Wildman–Crippen LogP) is 2.42. The van der Waals surface area contributed by atoms with Gasteiger partial charge < -0.3 is 10.4 Å². The third-order valence-electron chi connectivity index (χ3n) is 2.24. The van der Waals surface area contributed by atoms with E-state index in [0.29, 0.717) is 12.8 Å². The minimum atomic E-state index is -0.842. The first-order valence-electron chi connectivity index (χ1n) is 5.19. The molecule has 0 bridgehead atoms. The number of carbonyl (C=O) groups is 2. The van der Waals surface area contributed by atoms with E-state index < -0.39 is 5.97 Å². The lowest BCUT2D eigenvalue weighted by Crippen LogP contribution is -2.35. The fraction of sp³-hybridized carbons (Fsp3) is 0.455. The topological polar surface area (TPSA) is 66.4 Å². The standard InChI is InChI=1S/C11H14BrNO3S/c1-7(14)13-8(2-3-11(15)16)6-10-9(12)4-5-17-10/h4-5,8H,2-3,6H2,1H3,(H,13,14)(H,15,16). The highest BCUT2D eigenvalue weighted by molar-refractivity contribution is 9.10. The van der Waals surface area contributed by atoms with Crippen molar-refractivity contribution in [3.8, 4) is 0 Å². The van der Waals surface area contributed by atoms with E-state index in [1.807, 2.05) is 11.4 Å². The molecule has 1 heterocycles. The average Bonchev–Trinajstić information content (AvgIpc) is 2.60. The number of amides is 1. The van der Waals surface area contributed by atoms with Gasteiger partial charge in [-0.15, -0.1) is 11.3 Å². The van der Waals surface area contributed by atoms with Crippen LogP contribution in [0.25, 0.3) is 0 Å². The van der Waals surface area contributed by atoms with Crippen LogP contribution in [0.1, 0.15) is 24.6 Å². The Bertz CT molecular complexity index is 405. The van der Waals surface area contributed by atoms with Gasteiger partial charge in [0.15, 0.2) is 0 Å². The third-order valence-corrected chi connectivity index (χ3v) is 4.19. The highest BCUT2D eigenvalue weighted by Crippen LogP contribution is 2.24. The number of carbonyl (C=O) groups excluding carboxylic acids is 1. The van der Waals surface area contributed by atoms with Crippen molar-refractivity contribution >= 4 is 39.1 Å². The largest absolute Gasteiger partial charge is 0.481 e. The van der Waals surface area contributed by atoms with Gasteiger partial charge in [-0.2, -0.15) is 0 Å². The number of hydrogen-bond donors (Lipinski definition) is 2. The Hall–Kier alpha value is -0.880. The van der Waals surface area contributed by atoms with Crippen LogP contribution in [0, 0.1) is 0 Å². The molecular weight excluding hydrogens is 306 g/mol. The molecule has 0 saturated heterocycles. The second kappa shape index (κ2) is 6.76. The molecule has 0 spiro atoms. The van der Waals surface area contributed by atoms with Gasteiger partial charge in [-0.3, -0.25) is 9.59 Å². The van der Waals surface area contributed by atoms with Crippen LogP contribution in [-0.2, 0) is 16.0 Å². The van der Waals surface area contributed by atoms with Crippen LogP contribution in [0.15, 0.2) is 15.9 Å². The van der Waals surface area contributed by atoms with E-state index in [2.05, 4.69) is 21.2 Å². The summed E-state index contributed by atoms with van der Waals surface area (Å²) in [6.45, 7) is 1.44. The van der Waals surface area contributed by atoms with Crippen LogP contribution in [0.4, 0.5) is 0 Å². The molecule has 0 saturated carbocycles. The number of hydrogen-bond acceptors (Lipinski definition) is 3. The molecule has 1 unspecified atom stereocenters. The summed E-state index contributed by atoms with van der Waals surface area (Å²) in [5.74, 6) is -0.973. The summed E-state index contributed by atoms with van der Waals surface area (Å²) in [6, 6.07) is 1.82. The Morgan fingerprint density at radius 1 is 1.59 bits per heavy atom. The van der Waals surface area contributed by atoms with Crippen LogP contribution in [0.2, 0.25) is 0 Å². The van der Waals surface area contributed by atoms with Crippen molar-refractivity contribution in [1.29, 1.82) is 0 Å². The van der Waals surface area contributed by atoms with Crippen molar-refractivity contribution in [3.05, 3.63) is 20.8 Å². The normalized spacial score (nSPS) is 12.1. The SMILES string of the molecule is CC(=O)NC(CCC(=O)O)Cc1sccc1Br. The minimum absolute atomic E-state index is 0.0634. The molecule has 1 rings (SSSR count). The Labute approximate surface area is 112 Å². The van der Waals surface area contributed by atoms with E-state index in [9.17, 15) is 9.59 Å². The molecule has 0 fully saturated rings. The zero-order chi connectivity index (χ0) is 12.8. The van der Waals surface area contributed by atoms with E-state index in [-0.39, 0.29) is 18.4 Å². The number of carboxylic acids is 1. The van der Waals surface area contributed by atoms with E-state index in [1.165, 1.54) is 6.92 Å². The second-order valence-corrected chi connectivity index (χ2v) is 5.58. The number of aliphatic carboxylic acids is 1. The molecule has 2 N–H and O–H groups in total. The molecule has 94 valence electrons. The smallest absolute Gasteiger partial charge is 0.303 e. The maximum atomic E-state index is 11.0. The van der Waals surface area contributed by atoms with Gasteiger partial charge in [-0.05, 0) is 33.8 Å². The molecule has 1 aromatic rings. The third kappa shape index (κ3) is 5.32. The highest BCUT2D eigenvalue weighted by Gasteiger charge is 2.15. The molecule has 17 heavy (non-hydrogen) atoms. The minimum Gasteiger partial charge on any atom is -0.481 e. The van der Waals surface area contributed by atoms with Gasteiger partial charge in [0, 0.05) is 35.2 Å². The van der Waals surface area contributed by atoms with Gasteiger partial charge in [0.25, 0.3) is 0 Å². The molecule has 0 aromatic carbocycles. The number of halogens is 1. The quantitative estimate of drug-likeness (QED) is 0.846. The van der Waals surface area contributed by atoms with Crippen LogP contribution in [0.5, 0.6) is 0 Å². The summed E-state index contributed by atoms with van der Waals surface area (Å²) in [5, 5.41) is 13.4. The van der Waals surface area contributed by atoms with E-state index in [0.717, 1.165) is 9.35 Å². The summed E-state index contributed by atoms with van der Waals surface area (Å²) in [7, 11) is 0. The van der Waals surface area contributed by atoms with Gasteiger partial charge in [0.2, 0.25) is 5.91 Å². The number of nitrogens with one attached hydrogen (secondary N) is 1. The van der Waals surface area contributed by atoms with Crippen LogP contribution >= 0.6 is 27.3 Å². The fourth-order valence-electron chi connectivity index (χ4n) is 1.50. The zero-order valence-electron chi connectivity index (χ0n) is 9.40. The van der Waals surface area contributed by atoms with E-state index in [4.69, 9.17) is 5.11 Å². The zero-order valence-corrected chi connectivity index (χ0v) is 11.8. The summed E-state index contributed by atoms with van der Waals surface area (Å²) in [6.07, 6.45) is 1.16. The summed E-state index contributed by atoms with van der Waals surface area (Å²) in [5.41, 5.74) is 0. The first-order chi connectivity index (χ1) is 7.99. The fourth-order valence-corrected chi connectivity index (χ4v) is 3.10. The summed E-state index contributed by atoms with van der Waals surface area (Å²) >= 11 is 5.02. The maximum Gasteiger partial charge on any atom is 0.303 e. The highest BCUT2D eigenvalue weighted by atomic mass is 79.9. The molecule has 1 atom stereocenters. The molecule has 0 aliphatic heterocycles. The number of rotatable bonds is 6. The van der Waals surface area contributed by atoms with Crippen molar-refractivity contribution in [3.63, 3.8) is 0 Å². The molecular formula is C11H14BrNO3S. The van der Waals surface area contributed by atoms with Crippen LogP contribution < -0.4 is 5.32 Å². The molecule has 0 aliphatic rings. The van der Waals surface area contributed by atoms with Gasteiger partial charge in [-0.1, -0.05) is 0 Å². The van der Waals surface area contributed by atoms with E-state index in [1.54, 1.807) is 11.3 Å². The summed E-state index contributed by atoms with van der Waals surface area (Å²) < 4.78 is 1.01. The van der Waals surface area contributed by atoms with Gasteiger partial charge in [0.1, 0.15) is 0 Å². The Morgan fingerprint density at radius 3 is 2.76 bits per heavy atom. The molecule has 1 aromatic heterocycles. The van der Waals surface area contributed by atoms with Crippen molar-refractivity contribution in [2.24, 2.45) is 0 Å². The van der Waals surface area contributed by atoms with Crippen LogP contribution in [-0.4, -0.2) is 23.0 Å². The van der Waals surface area contributed by atoms with Crippen LogP contribution in [0.3, 0.4) is 0 Å². The molecule has 1 amide bonds. The second-order valence-electron chi connectivity index (χ2n) is 3.73. The lowest BCUT2D eigenvalue weighted by atomic mass is 10.1. The van der Waals surface area contributed by atoms with Gasteiger partial charge in [-0.25, -0.2) is 0 Å². The molecule has 0 aliphatic carbocycles. The molecule has 4 nitrogen and oxygen atoms in total. The molecule has 6 heteroatoms. The Balaban J connectivity index is 2.59. The summed E-state index contributed by atoms with van der Waals surface area (Å²) in [4.78, 5) is 22.7.